The minimum absolute atomic E-state index is 0.0334. The van der Waals surface area contributed by atoms with Crippen molar-refractivity contribution in [2.24, 2.45) is 0 Å². The van der Waals surface area contributed by atoms with Gasteiger partial charge in [-0.1, -0.05) is 49.2 Å². The number of unbranched alkanes of at least 4 members (excludes halogenated alkanes) is 1. The van der Waals surface area contributed by atoms with Crippen LogP contribution in [0.2, 0.25) is 0 Å². The summed E-state index contributed by atoms with van der Waals surface area (Å²) in [5, 5.41) is -2.06. The fourth-order valence-corrected chi connectivity index (χ4v) is 2.76. The number of ether oxygens (including phenoxy) is 1. The molecule has 0 radical (unpaired) electrons. The van der Waals surface area contributed by atoms with Crippen LogP contribution in [-0.2, 0) is 4.74 Å². The van der Waals surface area contributed by atoms with E-state index < -0.39 is 26.6 Å². The highest BCUT2D eigenvalue weighted by Gasteiger charge is 2.61. The largest absolute Gasteiger partial charge is 0.462 e. The Labute approximate surface area is 129 Å². The van der Waals surface area contributed by atoms with Gasteiger partial charge in [-0.2, -0.15) is 0 Å². The molecule has 0 spiro atoms. The van der Waals surface area contributed by atoms with E-state index in [2.05, 4.69) is 0 Å². The number of rotatable bonds is 7. The molecule has 1 aromatic rings. The van der Waals surface area contributed by atoms with Crippen LogP contribution in [0, 0.1) is 0 Å². The number of carbonyl (C=O) groups is 1. The average Bonchev–Trinajstić information content (AvgIpc) is 2.35. The Kier molecular flexibility index (Phi) is 5.18. The van der Waals surface area contributed by atoms with Crippen molar-refractivity contribution in [2.45, 2.75) is 19.3 Å². The topological polar surface area (TPSA) is 26.3 Å². The minimum atomic E-state index is -9.63. The Morgan fingerprint density at radius 1 is 1.09 bits per heavy atom. The van der Waals surface area contributed by atoms with Gasteiger partial charge in [0, 0.05) is 5.03 Å². The van der Waals surface area contributed by atoms with E-state index in [9.17, 15) is 24.2 Å². The molecule has 0 N–H and O–H groups in total. The SMILES string of the molecule is O=C(OCCCC/C(Cl)=C\S(F)(F)(F)(F)F)c1ccccc1. The monoisotopic (exact) mass is 364 g/mol. The second-order valence-corrected chi connectivity index (χ2v) is 7.33. The first-order valence-corrected chi connectivity index (χ1v) is 8.59. The molecule has 0 aromatic heterocycles. The predicted molar refractivity (Wildman–Crippen MR) is 77.6 cm³/mol. The summed E-state index contributed by atoms with van der Waals surface area (Å²) >= 11 is 5.17. The summed E-state index contributed by atoms with van der Waals surface area (Å²) in [6.07, 6.45) is -0.0652. The van der Waals surface area contributed by atoms with Gasteiger partial charge in [0.2, 0.25) is 0 Å². The molecule has 0 amide bonds. The quantitative estimate of drug-likeness (QED) is 0.318. The maximum atomic E-state index is 12.1. The van der Waals surface area contributed by atoms with Crippen molar-refractivity contribution in [3.8, 4) is 0 Å². The third kappa shape index (κ3) is 8.89. The molecule has 1 aromatic carbocycles. The van der Waals surface area contributed by atoms with Gasteiger partial charge in [-0.25, -0.2) is 4.79 Å². The van der Waals surface area contributed by atoms with Crippen LogP contribution in [-0.4, -0.2) is 12.6 Å². The van der Waals surface area contributed by atoms with Gasteiger partial charge in [0.15, 0.2) is 0 Å². The van der Waals surface area contributed by atoms with Crippen LogP contribution >= 0.6 is 21.8 Å². The molecule has 0 heterocycles. The number of halogens is 6. The fraction of sp³-hybridized carbons (Fsp3) is 0.308. The molecule has 0 aliphatic rings. The van der Waals surface area contributed by atoms with Crippen LogP contribution in [0.4, 0.5) is 19.4 Å². The van der Waals surface area contributed by atoms with Crippen LogP contribution in [0.5, 0.6) is 0 Å². The number of hydrogen-bond acceptors (Lipinski definition) is 2. The Balaban J connectivity index is 2.32. The predicted octanol–water partition coefficient (Wildman–Crippen LogP) is 6.39. The summed E-state index contributed by atoms with van der Waals surface area (Å²) in [6, 6.07) is 8.14. The first-order valence-electron chi connectivity index (χ1n) is 6.20. The smallest absolute Gasteiger partial charge is 0.338 e. The minimum Gasteiger partial charge on any atom is -0.462 e. The van der Waals surface area contributed by atoms with E-state index in [4.69, 9.17) is 16.3 Å². The third-order valence-electron chi connectivity index (χ3n) is 2.40. The lowest BCUT2D eigenvalue weighted by Gasteiger charge is -2.37. The molecule has 0 aliphatic carbocycles. The van der Waals surface area contributed by atoms with Crippen LogP contribution in [0.25, 0.3) is 0 Å². The molecular formula is C13H14ClF5O2S. The van der Waals surface area contributed by atoms with Crippen LogP contribution in [0.3, 0.4) is 0 Å². The van der Waals surface area contributed by atoms with Crippen molar-refractivity contribution in [1.82, 2.24) is 0 Å². The lowest BCUT2D eigenvalue weighted by Crippen LogP contribution is -2.06. The Morgan fingerprint density at radius 3 is 2.23 bits per heavy atom. The van der Waals surface area contributed by atoms with Gasteiger partial charge in [-0.15, -0.1) is 0 Å². The maximum absolute atomic E-state index is 12.1. The van der Waals surface area contributed by atoms with E-state index in [0.29, 0.717) is 5.56 Å². The van der Waals surface area contributed by atoms with Gasteiger partial charge in [0.1, 0.15) is 0 Å². The van der Waals surface area contributed by atoms with E-state index in [1.54, 1.807) is 30.3 Å². The van der Waals surface area contributed by atoms with Crippen LogP contribution in [0.1, 0.15) is 29.6 Å². The van der Waals surface area contributed by atoms with E-state index in [1.165, 1.54) is 0 Å². The third-order valence-corrected chi connectivity index (χ3v) is 3.56. The lowest BCUT2D eigenvalue weighted by atomic mass is 10.2. The molecule has 0 atom stereocenters. The summed E-state index contributed by atoms with van der Waals surface area (Å²) in [7, 11) is -9.63. The Hall–Kier alpha value is -1.28. The molecular weight excluding hydrogens is 351 g/mol. The molecule has 2 nitrogen and oxygen atoms in total. The maximum Gasteiger partial charge on any atom is 0.338 e. The Bertz CT molecular complexity index is 557. The highest BCUT2D eigenvalue weighted by atomic mass is 35.5. The summed E-state index contributed by atoms with van der Waals surface area (Å²) in [4.78, 5) is 11.5. The van der Waals surface area contributed by atoms with E-state index in [0.717, 1.165) is 0 Å². The first kappa shape index (κ1) is 18.8. The van der Waals surface area contributed by atoms with Gasteiger partial charge < -0.3 is 4.74 Å². The van der Waals surface area contributed by atoms with Gasteiger partial charge in [-0.05, 0) is 31.4 Å². The first-order chi connectivity index (χ1) is 9.86. The van der Waals surface area contributed by atoms with Crippen LogP contribution < -0.4 is 0 Å². The van der Waals surface area contributed by atoms with Crippen molar-refractivity contribution in [3.05, 3.63) is 46.3 Å². The molecule has 0 aliphatic heterocycles. The zero-order chi connectivity index (χ0) is 16.9. The van der Waals surface area contributed by atoms with Crippen LogP contribution in [0.15, 0.2) is 40.8 Å². The van der Waals surface area contributed by atoms with Crippen molar-refractivity contribution in [1.29, 1.82) is 0 Å². The number of carbonyl (C=O) groups excluding carboxylic acids is 1. The molecule has 0 unspecified atom stereocenters. The number of esters is 1. The molecule has 0 saturated heterocycles. The molecule has 0 bridgehead atoms. The number of benzene rings is 1. The zero-order valence-corrected chi connectivity index (χ0v) is 12.9. The second kappa shape index (κ2) is 6.08. The van der Waals surface area contributed by atoms with Gasteiger partial charge in [-0.3, -0.25) is 0 Å². The molecule has 22 heavy (non-hydrogen) atoms. The summed E-state index contributed by atoms with van der Waals surface area (Å²) in [6.45, 7) is -0.0334. The van der Waals surface area contributed by atoms with Crippen molar-refractivity contribution >= 4 is 27.8 Å². The molecule has 0 fully saturated rings. The standard InChI is InChI=1S/C13H14ClF5O2S/c14-12(10-22(15,16,17,18)19)8-4-5-9-21-13(20)11-6-2-1-3-7-11/h1-3,6-7,10H,4-5,8-9H2/b12-10+. The van der Waals surface area contributed by atoms with E-state index in [1.807, 2.05) is 0 Å². The summed E-state index contributed by atoms with van der Waals surface area (Å²) < 4.78 is 65.4. The van der Waals surface area contributed by atoms with Gasteiger partial charge in [0.25, 0.3) is 0 Å². The molecule has 1 rings (SSSR count). The van der Waals surface area contributed by atoms with Crippen molar-refractivity contribution < 1.29 is 29.0 Å². The zero-order valence-electron chi connectivity index (χ0n) is 11.3. The lowest BCUT2D eigenvalue weighted by molar-refractivity contribution is 0.0498. The summed E-state index contributed by atoms with van der Waals surface area (Å²) in [5.41, 5.74) is 0.348. The Morgan fingerprint density at radius 2 is 1.68 bits per heavy atom. The fourth-order valence-electron chi connectivity index (χ4n) is 1.52. The molecule has 126 valence electrons. The van der Waals surface area contributed by atoms with Crippen molar-refractivity contribution in [2.75, 3.05) is 6.61 Å². The van der Waals surface area contributed by atoms with E-state index in [-0.39, 0.29) is 25.9 Å². The normalized spacial score (nSPS) is 15.8. The highest BCUT2D eigenvalue weighted by molar-refractivity contribution is 8.48. The average molecular weight is 365 g/mol. The number of hydrogen-bond donors (Lipinski definition) is 0. The molecule has 0 saturated carbocycles. The molecule has 9 heteroatoms. The second-order valence-electron chi connectivity index (χ2n) is 4.55. The summed E-state index contributed by atoms with van der Waals surface area (Å²) in [5.74, 6) is -0.561. The van der Waals surface area contributed by atoms with Crippen molar-refractivity contribution in [3.63, 3.8) is 0 Å². The van der Waals surface area contributed by atoms with E-state index >= 15 is 0 Å². The van der Waals surface area contributed by atoms with Gasteiger partial charge in [0.05, 0.1) is 17.6 Å². The van der Waals surface area contributed by atoms with Gasteiger partial charge >= 0.3 is 16.2 Å². The highest BCUT2D eigenvalue weighted by Crippen LogP contribution is 2.99. The number of allylic oxidation sites excluding steroid dienone is 1.